The zero-order valence-corrected chi connectivity index (χ0v) is 19.0. The summed E-state index contributed by atoms with van der Waals surface area (Å²) in [6.45, 7) is -0.457. The third kappa shape index (κ3) is 3.58. The second kappa shape index (κ2) is 8.34. The van der Waals surface area contributed by atoms with Crippen LogP contribution >= 0.6 is 0 Å². The van der Waals surface area contributed by atoms with Crippen molar-refractivity contribution in [3.05, 3.63) is 72.3 Å². The van der Waals surface area contributed by atoms with Crippen LogP contribution in [0, 0.1) is 23.7 Å². The fourth-order valence-electron chi connectivity index (χ4n) is 6.17. The molecule has 2 bridgehead atoms. The highest BCUT2D eigenvalue weighted by atomic mass is 16.5. The summed E-state index contributed by atoms with van der Waals surface area (Å²) in [6.07, 6.45) is 2.98. The van der Waals surface area contributed by atoms with Gasteiger partial charge in [-0.15, -0.1) is 0 Å². The number of benzene rings is 3. The van der Waals surface area contributed by atoms with E-state index in [9.17, 15) is 19.2 Å². The molecule has 176 valence electrons. The van der Waals surface area contributed by atoms with Crippen molar-refractivity contribution in [3.8, 4) is 0 Å². The van der Waals surface area contributed by atoms with Crippen molar-refractivity contribution in [2.45, 2.75) is 19.3 Å². The maximum absolute atomic E-state index is 13.1. The Morgan fingerprint density at radius 3 is 2.34 bits per heavy atom. The Morgan fingerprint density at radius 1 is 0.886 bits per heavy atom. The van der Waals surface area contributed by atoms with Gasteiger partial charge in [0, 0.05) is 11.1 Å². The van der Waals surface area contributed by atoms with E-state index >= 15 is 0 Å². The molecule has 0 spiro atoms. The molecule has 0 radical (unpaired) electrons. The van der Waals surface area contributed by atoms with Gasteiger partial charge in [0.15, 0.2) is 6.61 Å². The molecule has 1 N–H and O–H groups in total. The molecule has 0 aromatic heterocycles. The molecule has 35 heavy (non-hydrogen) atoms. The van der Waals surface area contributed by atoms with E-state index in [1.807, 2.05) is 36.4 Å². The lowest BCUT2D eigenvalue weighted by molar-refractivity contribution is -0.123. The van der Waals surface area contributed by atoms with Crippen LogP contribution in [-0.4, -0.2) is 30.3 Å². The number of anilines is 2. The van der Waals surface area contributed by atoms with Gasteiger partial charge in [-0.25, -0.2) is 4.79 Å². The lowest BCUT2D eigenvalue weighted by atomic mass is 9.81. The smallest absolute Gasteiger partial charge is 0.338 e. The Hall–Kier alpha value is -4.00. The van der Waals surface area contributed by atoms with Gasteiger partial charge in [-0.2, -0.15) is 0 Å². The van der Waals surface area contributed by atoms with Crippen LogP contribution in [-0.2, 0) is 19.1 Å². The average Bonchev–Trinajstić information content (AvgIpc) is 3.56. The van der Waals surface area contributed by atoms with Crippen LogP contribution in [0.15, 0.2) is 66.7 Å². The number of rotatable bonds is 5. The van der Waals surface area contributed by atoms with Crippen molar-refractivity contribution >= 4 is 45.8 Å². The van der Waals surface area contributed by atoms with Crippen LogP contribution in [0.5, 0.6) is 0 Å². The van der Waals surface area contributed by atoms with Gasteiger partial charge in [0.05, 0.1) is 23.1 Å². The summed E-state index contributed by atoms with van der Waals surface area (Å²) in [7, 11) is 0. The number of hydrogen-bond donors (Lipinski definition) is 1. The Kier molecular flexibility index (Phi) is 5.13. The first-order valence-electron chi connectivity index (χ1n) is 11.9. The molecular weight excluding hydrogens is 444 g/mol. The molecule has 3 amide bonds. The third-order valence-corrected chi connectivity index (χ3v) is 7.67. The molecule has 1 saturated heterocycles. The molecule has 4 atom stereocenters. The summed E-state index contributed by atoms with van der Waals surface area (Å²) in [5.74, 6) is -1.35. The standard InChI is InChI=1S/C28H24N2O5/c31-23(29-22-10-4-6-16-5-1-2-9-21(16)22)15-35-28(34)19-7-3-8-20(14-19)30-26(32)24-17-11-12-18(13-17)25(24)27(30)33/h1-10,14,17-18,24-25H,11-13,15H2,(H,29,31)/t17-,18-,24+,25+/m0/s1. The number of hydrogen-bond acceptors (Lipinski definition) is 5. The van der Waals surface area contributed by atoms with Gasteiger partial charge >= 0.3 is 5.97 Å². The van der Waals surface area contributed by atoms with Crippen molar-refractivity contribution in [1.82, 2.24) is 0 Å². The summed E-state index contributed by atoms with van der Waals surface area (Å²) in [5.41, 5.74) is 1.20. The summed E-state index contributed by atoms with van der Waals surface area (Å²) < 4.78 is 5.22. The predicted molar refractivity (Wildman–Crippen MR) is 130 cm³/mol. The Bertz CT molecular complexity index is 1350. The van der Waals surface area contributed by atoms with Crippen LogP contribution < -0.4 is 10.2 Å². The van der Waals surface area contributed by atoms with E-state index in [2.05, 4.69) is 5.32 Å². The normalized spacial score (nSPS) is 24.6. The lowest BCUT2D eigenvalue weighted by Gasteiger charge is -2.19. The average molecular weight is 469 g/mol. The van der Waals surface area contributed by atoms with Crippen LogP contribution in [0.25, 0.3) is 10.8 Å². The zero-order valence-electron chi connectivity index (χ0n) is 19.0. The number of carbonyl (C=O) groups is 4. The number of fused-ring (bicyclic) bond motifs is 6. The van der Waals surface area contributed by atoms with Gasteiger partial charge in [-0.05, 0) is 60.7 Å². The fourth-order valence-corrected chi connectivity index (χ4v) is 6.17. The first kappa shape index (κ1) is 21.5. The first-order chi connectivity index (χ1) is 17.0. The Morgan fingerprint density at radius 2 is 1.57 bits per heavy atom. The summed E-state index contributed by atoms with van der Waals surface area (Å²) in [5, 5.41) is 4.66. The minimum Gasteiger partial charge on any atom is -0.452 e. The zero-order chi connectivity index (χ0) is 24.1. The molecule has 7 nitrogen and oxygen atoms in total. The van der Waals surface area contributed by atoms with Crippen molar-refractivity contribution in [1.29, 1.82) is 0 Å². The number of imide groups is 1. The quantitative estimate of drug-likeness (QED) is 0.448. The Labute approximate surface area is 202 Å². The SMILES string of the molecule is O=C(COC(=O)c1cccc(N2C(=O)[C@@H]3[C@H]4CC[C@@H](C4)[C@H]3C2=O)c1)Nc1cccc2ccccc12. The monoisotopic (exact) mass is 468 g/mol. The van der Waals surface area contributed by atoms with Crippen molar-refractivity contribution in [2.24, 2.45) is 23.7 Å². The Balaban J connectivity index is 1.13. The molecule has 3 aromatic rings. The summed E-state index contributed by atoms with van der Waals surface area (Å²) in [6, 6.07) is 19.6. The molecule has 3 fully saturated rings. The number of esters is 1. The molecule has 6 rings (SSSR count). The highest BCUT2D eigenvalue weighted by Crippen LogP contribution is 2.56. The summed E-state index contributed by atoms with van der Waals surface area (Å²) in [4.78, 5) is 52.5. The lowest BCUT2D eigenvalue weighted by Crippen LogP contribution is -2.32. The number of carbonyl (C=O) groups excluding carboxylic acids is 4. The fraction of sp³-hybridized carbons (Fsp3) is 0.286. The van der Waals surface area contributed by atoms with E-state index in [0.717, 1.165) is 30.0 Å². The molecule has 2 aliphatic carbocycles. The number of nitrogens with zero attached hydrogens (tertiary/aromatic N) is 1. The highest BCUT2D eigenvalue weighted by molar-refractivity contribution is 6.22. The molecule has 3 aromatic carbocycles. The molecule has 1 aliphatic heterocycles. The number of ether oxygens (including phenoxy) is 1. The van der Waals surface area contributed by atoms with Gasteiger partial charge in [0.1, 0.15) is 0 Å². The van der Waals surface area contributed by atoms with Gasteiger partial charge < -0.3 is 10.1 Å². The van der Waals surface area contributed by atoms with Gasteiger partial charge in [0.2, 0.25) is 11.8 Å². The minimum atomic E-state index is -0.695. The van der Waals surface area contributed by atoms with Crippen LogP contribution in [0.4, 0.5) is 11.4 Å². The summed E-state index contributed by atoms with van der Waals surface area (Å²) >= 11 is 0. The molecule has 2 saturated carbocycles. The first-order valence-corrected chi connectivity index (χ1v) is 11.9. The maximum Gasteiger partial charge on any atom is 0.338 e. The van der Waals surface area contributed by atoms with E-state index in [1.165, 1.54) is 11.0 Å². The largest absolute Gasteiger partial charge is 0.452 e. The number of nitrogens with one attached hydrogen (secondary N) is 1. The molecule has 0 unspecified atom stereocenters. The predicted octanol–water partition coefficient (Wildman–Crippen LogP) is 4.17. The molecule has 3 aliphatic rings. The van der Waals surface area contributed by atoms with E-state index in [4.69, 9.17) is 4.74 Å². The van der Waals surface area contributed by atoms with Crippen LogP contribution in [0.2, 0.25) is 0 Å². The maximum atomic E-state index is 13.1. The van der Waals surface area contributed by atoms with E-state index in [1.54, 1.807) is 24.3 Å². The number of amides is 3. The van der Waals surface area contributed by atoms with Gasteiger partial charge in [0.25, 0.3) is 5.91 Å². The minimum absolute atomic E-state index is 0.160. The van der Waals surface area contributed by atoms with Gasteiger partial charge in [-0.1, -0.05) is 42.5 Å². The van der Waals surface area contributed by atoms with Crippen LogP contribution in [0.3, 0.4) is 0 Å². The van der Waals surface area contributed by atoms with E-state index in [-0.39, 0.29) is 29.2 Å². The molecule has 7 heteroatoms. The second-order valence-corrected chi connectivity index (χ2v) is 9.60. The third-order valence-electron chi connectivity index (χ3n) is 7.67. The van der Waals surface area contributed by atoms with Crippen molar-refractivity contribution in [2.75, 3.05) is 16.8 Å². The second-order valence-electron chi connectivity index (χ2n) is 9.60. The van der Waals surface area contributed by atoms with E-state index in [0.29, 0.717) is 23.2 Å². The van der Waals surface area contributed by atoms with Crippen molar-refractivity contribution in [3.63, 3.8) is 0 Å². The van der Waals surface area contributed by atoms with Crippen LogP contribution in [0.1, 0.15) is 29.6 Å². The van der Waals surface area contributed by atoms with Gasteiger partial charge in [-0.3, -0.25) is 19.3 Å². The molecule has 1 heterocycles. The highest BCUT2D eigenvalue weighted by Gasteiger charge is 2.61. The van der Waals surface area contributed by atoms with E-state index < -0.39 is 18.5 Å². The van der Waals surface area contributed by atoms with Crippen molar-refractivity contribution < 1.29 is 23.9 Å². The molecular formula is C28H24N2O5. The topological polar surface area (TPSA) is 92.8 Å².